The molecule has 2 N–H and O–H groups in total. The van der Waals surface area contributed by atoms with E-state index in [-0.39, 0.29) is 29.4 Å². The van der Waals surface area contributed by atoms with Crippen molar-refractivity contribution in [1.29, 1.82) is 0 Å². The molecule has 0 amide bonds. The van der Waals surface area contributed by atoms with Gasteiger partial charge >= 0.3 is 0 Å². The number of fused-ring (bicyclic) bond motifs is 1. The molecule has 2 saturated carbocycles. The Morgan fingerprint density at radius 3 is 2.84 bits per heavy atom. The van der Waals surface area contributed by atoms with Crippen molar-refractivity contribution < 1.29 is 9.15 Å². The summed E-state index contributed by atoms with van der Waals surface area (Å²) in [6.45, 7) is 6.29. The molecule has 0 spiro atoms. The van der Waals surface area contributed by atoms with Crippen LogP contribution in [0, 0.1) is 11.3 Å². The SMILES string of the molecule is CC1(C)C(NC(=NCCc2ccco2)NC2CC2)C2CCCOC21.I. The van der Waals surface area contributed by atoms with Crippen LogP contribution in [0.1, 0.15) is 45.3 Å². The molecular formula is C19H30IN3O2. The van der Waals surface area contributed by atoms with E-state index in [2.05, 4.69) is 24.5 Å². The molecule has 5 nitrogen and oxygen atoms in total. The second kappa shape index (κ2) is 7.86. The van der Waals surface area contributed by atoms with E-state index < -0.39 is 0 Å². The van der Waals surface area contributed by atoms with Crippen LogP contribution in [0.5, 0.6) is 0 Å². The van der Waals surface area contributed by atoms with Gasteiger partial charge in [-0.2, -0.15) is 0 Å². The molecule has 3 unspecified atom stereocenters. The second-order valence-electron chi connectivity index (χ2n) is 8.02. The van der Waals surface area contributed by atoms with E-state index in [4.69, 9.17) is 14.1 Å². The third-order valence-corrected chi connectivity index (χ3v) is 5.75. The summed E-state index contributed by atoms with van der Waals surface area (Å²) in [7, 11) is 0. The number of ether oxygens (including phenoxy) is 1. The molecule has 1 aromatic heterocycles. The minimum absolute atomic E-state index is 0. The molecule has 3 aliphatic rings. The molecular weight excluding hydrogens is 429 g/mol. The fraction of sp³-hybridized carbons (Fsp3) is 0.737. The molecule has 0 bridgehead atoms. The van der Waals surface area contributed by atoms with Crippen molar-refractivity contribution in [2.45, 2.75) is 64.1 Å². The number of nitrogens with zero attached hydrogens (tertiary/aromatic N) is 1. The molecule has 3 fully saturated rings. The molecule has 1 aliphatic heterocycles. The van der Waals surface area contributed by atoms with Gasteiger partial charge in [0.1, 0.15) is 5.76 Å². The van der Waals surface area contributed by atoms with Crippen LogP contribution >= 0.6 is 24.0 Å². The minimum Gasteiger partial charge on any atom is -0.469 e. The zero-order valence-corrected chi connectivity index (χ0v) is 17.5. The van der Waals surface area contributed by atoms with Gasteiger partial charge in [0.05, 0.1) is 12.4 Å². The van der Waals surface area contributed by atoms with Gasteiger partial charge in [-0.3, -0.25) is 4.99 Å². The smallest absolute Gasteiger partial charge is 0.191 e. The standard InChI is InChI=1S/C19H29N3O2.HI/c1-19(2)16(15-6-4-12-24-17(15)19)22-18(21-13-7-8-13)20-10-9-14-5-3-11-23-14;/h3,5,11,13,15-17H,4,6-10,12H2,1-2H3,(H2,20,21,22);1H. The molecule has 25 heavy (non-hydrogen) atoms. The number of furan rings is 1. The molecule has 0 aromatic carbocycles. The van der Waals surface area contributed by atoms with Crippen LogP contribution in [0.25, 0.3) is 0 Å². The summed E-state index contributed by atoms with van der Waals surface area (Å²) in [4.78, 5) is 4.80. The van der Waals surface area contributed by atoms with Gasteiger partial charge < -0.3 is 19.8 Å². The first-order chi connectivity index (χ1) is 11.6. The van der Waals surface area contributed by atoms with E-state index in [1.807, 2.05) is 12.1 Å². The van der Waals surface area contributed by atoms with Crippen molar-refractivity contribution in [1.82, 2.24) is 10.6 Å². The highest BCUT2D eigenvalue weighted by molar-refractivity contribution is 14.0. The number of hydrogen-bond acceptors (Lipinski definition) is 3. The highest BCUT2D eigenvalue weighted by Crippen LogP contribution is 2.51. The lowest BCUT2D eigenvalue weighted by atomic mass is 9.55. The Bertz CT molecular complexity index is 583. The molecule has 1 aromatic rings. The van der Waals surface area contributed by atoms with Gasteiger partial charge in [0.2, 0.25) is 0 Å². The average molecular weight is 459 g/mol. The summed E-state index contributed by atoms with van der Waals surface area (Å²) in [6.07, 6.45) is 7.90. The largest absolute Gasteiger partial charge is 0.469 e. The highest BCUT2D eigenvalue weighted by Gasteiger charge is 2.58. The van der Waals surface area contributed by atoms with Gasteiger partial charge in [0.15, 0.2) is 5.96 Å². The van der Waals surface area contributed by atoms with Gasteiger partial charge in [-0.25, -0.2) is 0 Å². The van der Waals surface area contributed by atoms with Crippen LogP contribution < -0.4 is 10.6 Å². The third-order valence-electron chi connectivity index (χ3n) is 5.75. The molecule has 4 rings (SSSR count). The van der Waals surface area contributed by atoms with E-state index in [9.17, 15) is 0 Å². The fourth-order valence-electron chi connectivity index (χ4n) is 4.25. The van der Waals surface area contributed by atoms with Crippen LogP contribution in [-0.2, 0) is 11.2 Å². The number of rotatable bonds is 5. The quantitative estimate of drug-likeness (QED) is 0.403. The van der Waals surface area contributed by atoms with Crippen molar-refractivity contribution in [2.75, 3.05) is 13.2 Å². The highest BCUT2D eigenvalue weighted by atomic mass is 127. The summed E-state index contributed by atoms with van der Waals surface area (Å²) >= 11 is 0. The average Bonchev–Trinajstić information content (AvgIpc) is 3.24. The van der Waals surface area contributed by atoms with Gasteiger partial charge in [-0.1, -0.05) is 13.8 Å². The van der Waals surface area contributed by atoms with Gasteiger partial charge in [0, 0.05) is 43.0 Å². The van der Waals surface area contributed by atoms with E-state index in [1.54, 1.807) is 6.26 Å². The topological polar surface area (TPSA) is 58.8 Å². The molecule has 140 valence electrons. The lowest BCUT2D eigenvalue weighted by Gasteiger charge is -2.60. The molecule has 3 atom stereocenters. The Labute approximate surface area is 167 Å². The van der Waals surface area contributed by atoms with Crippen LogP contribution in [0.2, 0.25) is 0 Å². The molecule has 1 saturated heterocycles. The monoisotopic (exact) mass is 459 g/mol. The van der Waals surface area contributed by atoms with E-state index in [1.165, 1.54) is 25.7 Å². The maximum Gasteiger partial charge on any atom is 0.191 e. The first-order valence-electron chi connectivity index (χ1n) is 9.36. The predicted octanol–water partition coefficient (Wildman–Crippen LogP) is 3.34. The number of guanidine groups is 1. The predicted molar refractivity (Wildman–Crippen MR) is 109 cm³/mol. The Kier molecular flexibility index (Phi) is 5.98. The summed E-state index contributed by atoms with van der Waals surface area (Å²) < 4.78 is 11.4. The molecule has 2 aliphatic carbocycles. The second-order valence-corrected chi connectivity index (χ2v) is 8.02. The normalized spacial score (nSPS) is 30.6. The van der Waals surface area contributed by atoms with Crippen LogP contribution in [-0.4, -0.2) is 37.3 Å². The maximum absolute atomic E-state index is 6.01. The fourth-order valence-corrected chi connectivity index (χ4v) is 4.25. The molecule has 6 heteroatoms. The Morgan fingerprint density at radius 2 is 2.12 bits per heavy atom. The van der Waals surface area contributed by atoms with Gasteiger partial charge in [0.25, 0.3) is 0 Å². The Morgan fingerprint density at radius 1 is 1.28 bits per heavy atom. The lowest BCUT2D eigenvalue weighted by Crippen LogP contribution is -2.71. The van der Waals surface area contributed by atoms with Crippen molar-refractivity contribution >= 4 is 29.9 Å². The van der Waals surface area contributed by atoms with Gasteiger partial charge in [-0.15, -0.1) is 24.0 Å². The Balaban J connectivity index is 0.00000182. The Hall–Kier alpha value is -0.760. The number of hydrogen-bond donors (Lipinski definition) is 2. The van der Waals surface area contributed by atoms with Crippen LogP contribution in [0.4, 0.5) is 0 Å². The van der Waals surface area contributed by atoms with Crippen molar-refractivity contribution in [2.24, 2.45) is 16.3 Å². The third kappa shape index (κ3) is 4.15. The zero-order chi connectivity index (χ0) is 16.6. The van der Waals surface area contributed by atoms with Crippen LogP contribution in [0.15, 0.2) is 27.8 Å². The van der Waals surface area contributed by atoms with Crippen molar-refractivity contribution in [3.63, 3.8) is 0 Å². The van der Waals surface area contributed by atoms with E-state index >= 15 is 0 Å². The van der Waals surface area contributed by atoms with Gasteiger partial charge in [-0.05, 0) is 37.8 Å². The first-order valence-corrected chi connectivity index (χ1v) is 9.36. The van der Waals surface area contributed by atoms with Crippen molar-refractivity contribution in [3.05, 3.63) is 24.2 Å². The first kappa shape index (κ1) is 19.0. The van der Waals surface area contributed by atoms with E-state index in [0.717, 1.165) is 31.3 Å². The maximum atomic E-state index is 6.01. The summed E-state index contributed by atoms with van der Waals surface area (Å²) in [5.41, 5.74) is 0.165. The minimum atomic E-state index is 0. The summed E-state index contributed by atoms with van der Waals surface area (Å²) in [5.74, 6) is 2.57. The lowest BCUT2D eigenvalue weighted by molar-refractivity contribution is -0.188. The number of aliphatic imine (C=N–C) groups is 1. The molecule has 2 heterocycles. The number of halogens is 1. The molecule has 0 radical (unpaired) electrons. The van der Waals surface area contributed by atoms with Crippen LogP contribution in [0.3, 0.4) is 0 Å². The van der Waals surface area contributed by atoms with E-state index in [0.29, 0.717) is 24.1 Å². The number of nitrogens with one attached hydrogen (secondary N) is 2. The zero-order valence-electron chi connectivity index (χ0n) is 15.2. The summed E-state index contributed by atoms with van der Waals surface area (Å²) in [5, 5.41) is 7.29. The van der Waals surface area contributed by atoms with Crippen molar-refractivity contribution in [3.8, 4) is 0 Å². The summed E-state index contributed by atoms with van der Waals surface area (Å²) in [6, 6.07) is 4.98.